The van der Waals surface area contributed by atoms with E-state index in [0.717, 1.165) is 25.3 Å². The quantitative estimate of drug-likeness (QED) is 0.899. The van der Waals surface area contributed by atoms with Crippen LogP contribution in [0.1, 0.15) is 29.6 Å². The van der Waals surface area contributed by atoms with Gasteiger partial charge in [-0.25, -0.2) is 4.98 Å². The molecule has 104 valence electrons. The number of ether oxygens (including phenoxy) is 1. The molecule has 1 saturated heterocycles. The van der Waals surface area contributed by atoms with Crippen molar-refractivity contribution in [1.82, 2.24) is 9.88 Å². The van der Waals surface area contributed by atoms with Crippen molar-refractivity contribution < 1.29 is 9.53 Å². The van der Waals surface area contributed by atoms with Crippen LogP contribution in [0.3, 0.4) is 0 Å². The summed E-state index contributed by atoms with van der Waals surface area (Å²) < 4.78 is 5.65. The van der Waals surface area contributed by atoms with Crippen LogP contribution in [-0.2, 0) is 4.74 Å². The van der Waals surface area contributed by atoms with E-state index in [2.05, 4.69) is 10.3 Å². The van der Waals surface area contributed by atoms with Crippen molar-refractivity contribution >= 4 is 11.7 Å². The first-order valence-electron chi connectivity index (χ1n) is 6.71. The van der Waals surface area contributed by atoms with Crippen molar-refractivity contribution in [3.8, 4) is 0 Å². The van der Waals surface area contributed by atoms with Gasteiger partial charge in [-0.05, 0) is 31.4 Å². The number of carbonyl (C=O) groups is 1. The SMILES string of the molecule is CNc1ccc(C(=O)N(C)CC2CCCCO2)cn1. The second kappa shape index (κ2) is 6.52. The molecule has 0 aromatic carbocycles. The Labute approximate surface area is 114 Å². The smallest absolute Gasteiger partial charge is 0.255 e. The van der Waals surface area contributed by atoms with Gasteiger partial charge < -0.3 is 15.0 Å². The molecule has 5 heteroatoms. The molecule has 0 spiro atoms. The average molecular weight is 263 g/mol. The van der Waals surface area contributed by atoms with Gasteiger partial charge in [-0.1, -0.05) is 0 Å². The number of nitrogens with one attached hydrogen (secondary N) is 1. The third kappa shape index (κ3) is 3.67. The van der Waals surface area contributed by atoms with E-state index in [1.165, 1.54) is 6.42 Å². The Morgan fingerprint density at radius 1 is 1.53 bits per heavy atom. The summed E-state index contributed by atoms with van der Waals surface area (Å²) in [5.41, 5.74) is 0.609. The van der Waals surface area contributed by atoms with Crippen LogP contribution in [0.25, 0.3) is 0 Å². The molecular weight excluding hydrogens is 242 g/mol. The predicted octanol–water partition coefficient (Wildman–Crippen LogP) is 1.76. The van der Waals surface area contributed by atoms with Gasteiger partial charge in [0.2, 0.25) is 0 Å². The zero-order chi connectivity index (χ0) is 13.7. The Morgan fingerprint density at radius 3 is 2.95 bits per heavy atom. The van der Waals surface area contributed by atoms with Crippen LogP contribution in [0.15, 0.2) is 18.3 Å². The molecule has 1 N–H and O–H groups in total. The first-order chi connectivity index (χ1) is 9.20. The van der Waals surface area contributed by atoms with Gasteiger partial charge in [0.1, 0.15) is 5.82 Å². The molecular formula is C14H21N3O2. The number of amides is 1. The van der Waals surface area contributed by atoms with Crippen LogP contribution in [0.5, 0.6) is 0 Å². The number of nitrogens with zero attached hydrogens (tertiary/aromatic N) is 2. The topological polar surface area (TPSA) is 54.5 Å². The number of likely N-dealkylation sites (N-methyl/N-ethyl adjacent to an activating group) is 1. The minimum Gasteiger partial charge on any atom is -0.376 e. The zero-order valence-electron chi connectivity index (χ0n) is 11.6. The Hall–Kier alpha value is -1.62. The Balaban J connectivity index is 1.93. The van der Waals surface area contributed by atoms with Crippen molar-refractivity contribution in [3.63, 3.8) is 0 Å². The summed E-state index contributed by atoms with van der Waals surface area (Å²) in [6, 6.07) is 3.59. The van der Waals surface area contributed by atoms with Crippen LogP contribution < -0.4 is 5.32 Å². The molecule has 1 amide bonds. The summed E-state index contributed by atoms with van der Waals surface area (Å²) in [5, 5.41) is 2.93. The molecule has 1 atom stereocenters. The maximum absolute atomic E-state index is 12.2. The van der Waals surface area contributed by atoms with Crippen molar-refractivity contribution in [2.75, 3.05) is 32.6 Å². The summed E-state index contributed by atoms with van der Waals surface area (Å²) in [6.07, 6.45) is 5.13. The fourth-order valence-corrected chi connectivity index (χ4v) is 2.23. The fourth-order valence-electron chi connectivity index (χ4n) is 2.23. The Kier molecular flexibility index (Phi) is 4.74. The second-order valence-corrected chi connectivity index (χ2v) is 4.86. The molecule has 1 aliphatic rings. The molecule has 19 heavy (non-hydrogen) atoms. The minimum atomic E-state index is -0.00988. The zero-order valence-corrected chi connectivity index (χ0v) is 11.6. The lowest BCUT2D eigenvalue weighted by molar-refractivity contribution is -0.000194. The standard InChI is InChI=1S/C14H21N3O2/c1-15-13-7-6-11(9-16-13)14(18)17(2)10-12-5-3-4-8-19-12/h6-7,9,12H,3-5,8,10H2,1-2H3,(H,15,16). The highest BCUT2D eigenvalue weighted by Crippen LogP contribution is 2.14. The van der Waals surface area contributed by atoms with Crippen molar-refractivity contribution in [3.05, 3.63) is 23.9 Å². The van der Waals surface area contributed by atoms with Crippen LogP contribution in [0.2, 0.25) is 0 Å². The molecule has 1 aliphatic heterocycles. The summed E-state index contributed by atoms with van der Waals surface area (Å²) in [4.78, 5) is 18.1. The first-order valence-corrected chi connectivity index (χ1v) is 6.71. The third-order valence-corrected chi connectivity index (χ3v) is 3.36. The molecule has 5 nitrogen and oxygen atoms in total. The summed E-state index contributed by atoms with van der Waals surface area (Å²) in [7, 11) is 3.61. The number of hydrogen-bond acceptors (Lipinski definition) is 4. The van der Waals surface area contributed by atoms with Crippen LogP contribution >= 0.6 is 0 Å². The van der Waals surface area contributed by atoms with E-state index < -0.39 is 0 Å². The molecule has 2 rings (SSSR count). The number of rotatable bonds is 4. The summed E-state index contributed by atoms with van der Waals surface area (Å²) >= 11 is 0. The van der Waals surface area contributed by atoms with Gasteiger partial charge >= 0.3 is 0 Å². The highest BCUT2D eigenvalue weighted by molar-refractivity contribution is 5.93. The van der Waals surface area contributed by atoms with Gasteiger partial charge in [0.25, 0.3) is 5.91 Å². The highest BCUT2D eigenvalue weighted by Gasteiger charge is 2.19. The van der Waals surface area contributed by atoms with Crippen LogP contribution in [-0.4, -0.2) is 49.1 Å². The molecule has 0 saturated carbocycles. The maximum Gasteiger partial charge on any atom is 0.255 e. The minimum absolute atomic E-state index is 0.00988. The van der Waals surface area contributed by atoms with E-state index in [-0.39, 0.29) is 12.0 Å². The molecule has 2 heterocycles. The van der Waals surface area contributed by atoms with Crippen molar-refractivity contribution in [2.45, 2.75) is 25.4 Å². The van der Waals surface area contributed by atoms with Crippen molar-refractivity contribution in [1.29, 1.82) is 0 Å². The van der Waals surface area contributed by atoms with Gasteiger partial charge in [0.05, 0.1) is 11.7 Å². The monoisotopic (exact) mass is 263 g/mol. The van der Waals surface area contributed by atoms with Crippen LogP contribution in [0.4, 0.5) is 5.82 Å². The maximum atomic E-state index is 12.2. The van der Waals surface area contributed by atoms with Gasteiger partial charge in [-0.2, -0.15) is 0 Å². The Bertz CT molecular complexity index is 413. The van der Waals surface area contributed by atoms with Crippen molar-refractivity contribution in [2.24, 2.45) is 0 Å². The summed E-state index contributed by atoms with van der Waals surface area (Å²) in [5.74, 6) is 0.749. The molecule has 0 radical (unpaired) electrons. The average Bonchev–Trinajstić information content (AvgIpc) is 2.47. The lowest BCUT2D eigenvalue weighted by Crippen LogP contribution is -2.37. The lowest BCUT2D eigenvalue weighted by atomic mass is 10.1. The van der Waals surface area contributed by atoms with E-state index in [4.69, 9.17) is 4.74 Å². The normalized spacial score (nSPS) is 18.9. The number of hydrogen-bond donors (Lipinski definition) is 1. The first kappa shape index (κ1) is 13.8. The molecule has 1 fully saturated rings. The number of pyridine rings is 1. The number of aromatic nitrogens is 1. The predicted molar refractivity (Wildman–Crippen MR) is 74.3 cm³/mol. The Morgan fingerprint density at radius 2 is 2.37 bits per heavy atom. The van der Waals surface area contributed by atoms with E-state index in [9.17, 15) is 4.79 Å². The summed E-state index contributed by atoms with van der Waals surface area (Å²) in [6.45, 7) is 1.46. The van der Waals surface area contributed by atoms with E-state index in [1.807, 2.05) is 7.05 Å². The third-order valence-electron chi connectivity index (χ3n) is 3.36. The van der Waals surface area contributed by atoms with Gasteiger partial charge in [-0.3, -0.25) is 4.79 Å². The van der Waals surface area contributed by atoms with Crippen LogP contribution in [0, 0.1) is 0 Å². The largest absolute Gasteiger partial charge is 0.376 e. The molecule has 1 aromatic heterocycles. The molecule has 0 bridgehead atoms. The molecule has 0 aliphatic carbocycles. The molecule has 1 aromatic rings. The van der Waals surface area contributed by atoms with E-state index in [1.54, 1.807) is 30.3 Å². The second-order valence-electron chi connectivity index (χ2n) is 4.86. The van der Waals surface area contributed by atoms with Gasteiger partial charge in [0, 0.05) is 33.4 Å². The number of anilines is 1. The molecule has 1 unspecified atom stereocenters. The fraction of sp³-hybridized carbons (Fsp3) is 0.571. The van der Waals surface area contributed by atoms with Gasteiger partial charge in [-0.15, -0.1) is 0 Å². The van der Waals surface area contributed by atoms with E-state index >= 15 is 0 Å². The number of carbonyl (C=O) groups excluding carboxylic acids is 1. The lowest BCUT2D eigenvalue weighted by Gasteiger charge is -2.27. The van der Waals surface area contributed by atoms with E-state index in [0.29, 0.717) is 12.1 Å². The van der Waals surface area contributed by atoms with Gasteiger partial charge in [0.15, 0.2) is 0 Å². The highest BCUT2D eigenvalue weighted by atomic mass is 16.5.